The number of para-hydroxylation sites is 1. The average molecular weight is 438 g/mol. The number of carbonyl (C=O) groups is 4. The topological polar surface area (TPSA) is 148 Å². The van der Waals surface area contributed by atoms with Gasteiger partial charge < -0.3 is 4.84 Å². The van der Waals surface area contributed by atoms with Gasteiger partial charge in [-0.3, -0.25) is 23.9 Å². The van der Waals surface area contributed by atoms with Crippen molar-refractivity contribution in [1.82, 2.24) is 10.0 Å². The second kappa shape index (κ2) is 11.7. The van der Waals surface area contributed by atoms with E-state index in [-0.39, 0.29) is 19.3 Å². The van der Waals surface area contributed by atoms with Crippen molar-refractivity contribution < 1.29 is 37.0 Å². The van der Waals surface area contributed by atoms with E-state index in [0.29, 0.717) is 5.06 Å². The van der Waals surface area contributed by atoms with E-state index >= 15 is 0 Å². The molecule has 0 saturated carbocycles. The predicted molar refractivity (Wildman–Crippen MR) is 106 cm³/mol. The minimum Gasteiger partial charge on any atom is -0.330 e. The molecule has 10 nitrogen and oxygen atoms in total. The number of benzene rings is 1. The molecular weight excluding hydrogens is 416 g/mol. The van der Waals surface area contributed by atoms with Crippen molar-refractivity contribution in [2.24, 2.45) is 0 Å². The van der Waals surface area contributed by atoms with Gasteiger partial charge in [-0.15, -0.1) is 5.06 Å². The zero-order valence-corrected chi connectivity index (χ0v) is 17.3. The molecule has 0 radical (unpaired) electrons. The van der Waals surface area contributed by atoms with Crippen LogP contribution in [0.4, 0.5) is 0 Å². The Labute approximate surface area is 173 Å². The number of ketones is 1. The Kier molecular flexibility index (Phi) is 9.72. The molecule has 30 heavy (non-hydrogen) atoms. The van der Waals surface area contributed by atoms with Crippen LogP contribution >= 0.6 is 0 Å². The highest BCUT2D eigenvalue weighted by atomic mass is 32.2. The van der Waals surface area contributed by atoms with Crippen LogP contribution in [0.2, 0.25) is 0 Å². The second-order valence-electron chi connectivity index (χ2n) is 6.02. The summed E-state index contributed by atoms with van der Waals surface area (Å²) in [5.41, 5.74) is 1.06. The fourth-order valence-corrected chi connectivity index (χ4v) is 2.61. The van der Waals surface area contributed by atoms with Crippen LogP contribution in [0.25, 0.3) is 10.9 Å². The van der Waals surface area contributed by atoms with Crippen molar-refractivity contribution in [3.63, 3.8) is 0 Å². The number of rotatable bonds is 4. The zero-order chi connectivity index (χ0) is 22.7. The molecule has 1 fully saturated rings. The SMILES string of the molecule is CC(=O)CS(=O)(=O)O.CCC(=O)ON1C(=O)CCC1=O.c1ccc2ncccc2c1. The third kappa shape index (κ3) is 9.34. The van der Waals surface area contributed by atoms with Crippen molar-refractivity contribution in [1.29, 1.82) is 0 Å². The highest BCUT2D eigenvalue weighted by Gasteiger charge is 2.32. The predicted octanol–water partition coefficient (Wildman–Crippen LogP) is 1.70. The summed E-state index contributed by atoms with van der Waals surface area (Å²) in [7, 11) is -4.07. The standard InChI is InChI=1S/C9H7N.C7H9NO4.C3H6O4S/c1-2-6-9-8(4-1)5-3-7-10-9;1-2-7(11)12-8-5(9)3-4-6(8)10;1-3(4)2-8(5,6)7/h1-7H;2-4H2,1H3;2H2,1H3,(H,5,6,7). The molecule has 1 aliphatic rings. The average Bonchev–Trinajstić information content (AvgIpc) is 2.99. The van der Waals surface area contributed by atoms with E-state index in [1.54, 1.807) is 6.92 Å². The first kappa shape index (κ1) is 24.9. The number of carbonyl (C=O) groups excluding carboxylic acids is 4. The number of hydrogen-bond acceptors (Lipinski definition) is 8. The highest BCUT2D eigenvalue weighted by Crippen LogP contribution is 2.12. The smallest absolute Gasteiger partial charge is 0.330 e. The van der Waals surface area contributed by atoms with Gasteiger partial charge in [-0.05, 0) is 19.1 Å². The van der Waals surface area contributed by atoms with Crippen LogP contribution in [0.3, 0.4) is 0 Å². The molecule has 1 aromatic heterocycles. The van der Waals surface area contributed by atoms with Gasteiger partial charge in [-0.25, -0.2) is 4.79 Å². The Morgan fingerprint density at radius 2 is 1.67 bits per heavy atom. The number of nitrogens with zero attached hydrogens (tertiary/aromatic N) is 2. The fraction of sp³-hybridized carbons (Fsp3) is 0.316. The summed E-state index contributed by atoms with van der Waals surface area (Å²) in [5, 5.41) is 1.75. The first-order valence-corrected chi connectivity index (χ1v) is 10.4. The van der Waals surface area contributed by atoms with E-state index in [1.165, 1.54) is 5.39 Å². The molecular formula is C19H22N2O8S. The number of Topliss-reactive ketones (excluding diaryl/α,β-unsaturated/α-hetero) is 1. The lowest BCUT2D eigenvalue weighted by atomic mass is 10.2. The van der Waals surface area contributed by atoms with E-state index in [1.807, 2.05) is 30.5 Å². The summed E-state index contributed by atoms with van der Waals surface area (Å²) < 4.78 is 27.5. The molecule has 1 saturated heterocycles. The minimum atomic E-state index is -4.07. The molecule has 2 aromatic rings. The van der Waals surface area contributed by atoms with Crippen molar-refractivity contribution in [2.75, 3.05) is 5.75 Å². The number of amides is 2. The van der Waals surface area contributed by atoms with Crippen molar-refractivity contribution in [3.8, 4) is 0 Å². The van der Waals surface area contributed by atoms with Crippen molar-refractivity contribution >= 4 is 44.6 Å². The molecule has 11 heteroatoms. The first-order chi connectivity index (χ1) is 14.0. The summed E-state index contributed by atoms with van der Waals surface area (Å²) in [5.74, 6) is -2.80. The molecule has 0 unspecified atom stereocenters. The summed E-state index contributed by atoms with van der Waals surface area (Å²) >= 11 is 0. The van der Waals surface area contributed by atoms with Gasteiger partial charge in [0.15, 0.2) is 0 Å². The summed E-state index contributed by atoms with van der Waals surface area (Å²) in [4.78, 5) is 51.0. The Morgan fingerprint density at radius 3 is 2.13 bits per heavy atom. The van der Waals surface area contributed by atoms with E-state index in [0.717, 1.165) is 12.4 Å². The third-order valence-electron chi connectivity index (χ3n) is 3.39. The maximum atomic E-state index is 10.9. The van der Waals surface area contributed by atoms with Crippen LogP contribution < -0.4 is 0 Å². The second-order valence-corrected chi connectivity index (χ2v) is 7.48. The maximum absolute atomic E-state index is 10.9. The molecule has 0 atom stereocenters. The Bertz CT molecular complexity index is 939. The molecule has 2 amide bonds. The molecule has 3 rings (SSSR count). The van der Waals surface area contributed by atoms with Crippen LogP contribution in [0.15, 0.2) is 42.6 Å². The van der Waals surface area contributed by atoms with E-state index < -0.39 is 39.4 Å². The van der Waals surface area contributed by atoms with Crippen molar-refractivity contribution in [3.05, 3.63) is 42.6 Å². The van der Waals surface area contributed by atoms with Crippen LogP contribution in [-0.4, -0.2) is 52.3 Å². The lowest BCUT2D eigenvalue weighted by molar-refractivity contribution is -0.197. The normalized spacial score (nSPS) is 13.1. The number of hydroxylamine groups is 2. The van der Waals surface area contributed by atoms with Crippen LogP contribution in [-0.2, 0) is 34.1 Å². The van der Waals surface area contributed by atoms with Gasteiger partial charge in [0.05, 0.1) is 5.52 Å². The van der Waals surface area contributed by atoms with Gasteiger partial charge in [0.1, 0.15) is 11.5 Å². The Morgan fingerprint density at radius 1 is 1.10 bits per heavy atom. The van der Waals surface area contributed by atoms with Crippen LogP contribution in [0.5, 0.6) is 0 Å². The summed E-state index contributed by atoms with van der Waals surface area (Å²) in [6.07, 6.45) is 2.23. The van der Waals surface area contributed by atoms with Gasteiger partial charge >= 0.3 is 5.97 Å². The molecule has 1 aliphatic heterocycles. The molecule has 162 valence electrons. The third-order valence-corrected chi connectivity index (χ3v) is 4.16. The summed E-state index contributed by atoms with van der Waals surface area (Å²) in [6, 6.07) is 12.1. The minimum absolute atomic E-state index is 0.135. The van der Waals surface area contributed by atoms with Gasteiger partial charge in [-0.2, -0.15) is 8.42 Å². The number of fused-ring (bicyclic) bond motifs is 1. The van der Waals surface area contributed by atoms with Crippen LogP contribution in [0, 0.1) is 0 Å². The van der Waals surface area contributed by atoms with E-state index in [9.17, 15) is 27.6 Å². The fourth-order valence-electron chi connectivity index (χ4n) is 2.10. The largest absolute Gasteiger partial charge is 0.332 e. The van der Waals surface area contributed by atoms with Gasteiger partial charge in [0, 0.05) is 30.8 Å². The number of imide groups is 1. The van der Waals surface area contributed by atoms with Gasteiger partial charge in [0.25, 0.3) is 21.9 Å². The Balaban J connectivity index is 0.000000230. The number of hydrogen-bond donors (Lipinski definition) is 1. The first-order valence-electron chi connectivity index (χ1n) is 8.84. The van der Waals surface area contributed by atoms with Crippen LogP contribution in [0.1, 0.15) is 33.1 Å². The van der Waals surface area contributed by atoms with Gasteiger partial charge in [0.2, 0.25) is 0 Å². The van der Waals surface area contributed by atoms with Gasteiger partial charge in [-0.1, -0.05) is 31.2 Å². The number of aromatic nitrogens is 1. The molecule has 1 aromatic carbocycles. The quantitative estimate of drug-likeness (QED) is 0.556. The number of pyridine rings is 1. The lowest BCUT2D eigenvalue weighted by Crippen LogP contribution is -2.31. The monoisotopic (exact) mass is 438 g/mol. The summed E-state index contributed by atoms with van der Waals surface area (Å²) in [6.45, 7) is 2.68. The zero-order valence-electron chi connectivity index (χ0n) is 16.5. The van der Waals surface area contributed by atoms with E-state index in [2.05, 4.69) is 22.0 Å². The molecule has 1 N–H and O–H groups in total. The molecule has 0 aliphatic carbocycles. The maximum Gasteiger partial charge on any atom is 0.332 e. The molecule has 0 spiro atoms. The highest BCUT2D eigenvalue weighted by molar-refractivity contribution is 7.86. The lowest BCUT2D eigenvalue weighted by Gasteiger charge is -2.10. The molecule has 2 heterocycles. The Hall–Kier alpha value is -3.18. The molecule has 0 bridgehead atoms. The van der Waals surface area contributed by atoms with Crippen molar-refractivity contribution in [2.45, 2.75) is 33.1 Å². The van der Waals surface area contributed by atoms with E-state index in [4.69, 9.17) is 4.55 Å².